The zero-order valence-electron chi connectivity index (χ0n) is 14.4. The molecule has 7 nitrogen and oxygen atoms in total. The van der Waals surface area contributed by atoms with Crippen molar-refractivity contribution < 1.29 is 19.8 Å². The number of benzene rings is 1. The summed E-state index contributed by atoms with van der Waals surface area (Å²) in [7, 11) is 0. The third-order valence-electron chi connectivity index (χ3n) is 4.50. The number of nitrogens with one attached hydrogen (secondary N) is 1. The standard InChI is InChI=1S/C19H19N3O4/c1-11-15(18(23)24)17(16(19(25)26)12(2)21-11)14-6-4-3-5-13(14)9-22-8-7-20-10-22/h3-8,10,17,21H,9H2,1-2H3,(H,23,24)(H,25,26). The lowest BCUT2D eigenvalue weighted by molar-refractivity contribution is -0.133. The Kier molecular flexibility index (Phi) is 4.62. The number of aliphatic carboxylic acids is 2. The number of dihydropyridines is 1. The lowest BCUT2D eigenvalue weighted by atomic mass is 9.78. The van der Waals surface area contributed by atoms with Crippen LogP contribution in [0, 0.1) is 0 Å². The van der Waals surface area contributed by atoms with E-state index in [9.17, 15) is 19.8 Å². The van der Waals surface area contributed by atoms with Crippen LogP contribution in [0.15, 0.2) is 65.5 Å². The number of allylic oxidation sites excluding steroid dienone is 2. The minimum absolute atomic E-state index is 0.0473. The van der Waals surface area contributed by atoms with Crippen molar-refractivity contribution in [3.05, 3.63) is 76.7 Å². The van der Waals surface area contributed by atoms with E-state index >= 15 is 0 Å². The smallest absolute Gasteiger partial charge is 0.334 e. The second kappa shape index (κ2) is 6.87. The number of aromatic nitrogens is 2. The summed E-state index contributed by atoms with van der Waals surface area (Å²) in [5.74, 6) is -3.13. The summed E-state index contributed by atoms with van der Waals surface area (Å²) in [6.07, 6.45) is 5.13. The molecule has 0 unspecified atom stereocenters. The van der Waals surface area contributed by atoms with Gasteiger partial charge in [0.25, 0.3) is 0 Å². The van der Waals surface area contributed by atoms with Gasteiger partial charge in [0.05, 0.1) is 23.4 Å². The molecule has 0 spiro atoms. The predicted molar refractivity (Wildman–Crippen MR) is 94.3 cm³/mol. The molecule has 0 bridgehead atoms. The zero-order chi connectivity index (χ0) is 18.8. The van der Waals surface area contributed by atoms with Gasteiger partial charge in [-0.3, -0.25) is 0 Å². The largest absolute Gasteiger partial charge is 0.478 e. The molecule has 0 saturated carbocycles. The van der Waals surface area contributed by atoms with Crippen LogP contribution >= 0.6 is 0 Å². The molecule has 0 amide bonds. The molecule has 1 aromatic heterocycles. The van der Waals surface area contributed by atoms with Gasteiger partial charge in [-0.1, -0.05) is 24.3 Å². The van der Waals surface area contributed by atoms with Crippen LogP contribution in [0.1, 0.15) is 30.9 Å². The maximum atomic E-state index is 11.9. The van der Waals surface area contributed by atoms with E-state index in [1.807, 2.05) is 16.7 Å². The molecule has 0 fully saturated rings. The summed E-state index contributed by atoms with van der Waals surface area (Å²) in [5, 5.41) is 22.4. The molecule has 0 atom stereocenters. The van der Waals surface area contributed by atoms with E-state index in [1.165, 1.54) is 0 Å². The summed E-state index contributed by atoms with van der Waals surface area (Å²) in [4.78, 5) is 27.9. The highest BCUT2D eigenvalue weighted by Crippen LogP contribution is 2.39. The summed E-state index contributed by atoms with van der Waals surface area (Å²) in [5.41, 5.74) is 2.49. The van der Waals surface area contributed by atoms with E-state index in [1.54, 1.807) is 44.7 Å². The molecule has 0 aliphatic carbocycles. The third kappa shape index (κ3) is 3.11. The molecule has 26 heavy (non-hydrogen) atoms. The first-order valence-corrected chi connectivity index (χ1v) is 8.08. The second-order valence-corrected chi connectivity index (χ2v) is 6.18. The monoisotopic (exact) mass is 353 g/mol. The zero-order valence-corrected chi connectivity index (χ0v) is 14.4. The summed E-state index contributed by atoms with van der Waals surface area (Å²) >= 11 is 0. The van der Waals surface area contributed by atoms with Gasteiger partial charge in [-0.15, -0.1) is 0 Å². The van der Waals surface area contributed by atoms with E-state index < -0.39 is 17.9 Å². The first-order valence-electron chi connectivity index (χ1n) is 8.08. The average Bonchev–Trinajstić information content (AvgIpc) is 3.06. The first-order chi connectivity index (χ1) is 12.4. The molecule has 2 heterocycles. The number of hydrogen-bond acceptors (Lipinski definition) is 4. The first kappa shape index (κ1) is 17.5. The van der Waals surface area contributed by atoms with Crippen LogP contribution in [0.25, 0.3) is 0 Å². The Morgan fingerprint density at radius 1 is 1.12 bits per heavy atom. The highest BCUT2D eigenvalue weighted by molar-refractivity contribution is 5.98. The van der Waals surface area contributed by atoms with Crippen LogP contribution in [0.5, 0.6) is 0 Å². The normalized spacial score (nSPS) is 15.2. The fraction of sp³-hybridized carbons (Fsp3) is 0.211. The number of imidazole rings is 1. The maximum absolute atomic E-state index is 11.9. The summed E-state index contributed by atoms with van der Waals surface area (Å²) in [6, 6.07) is 7.30. The Morgan fingerprint density at radius 2 is 1.73 bits per heavy atom. The highest BCUT2D eigenvalue weighted by atomic mass is 16.4. The highest BCUT2D eigenvalue weighted by Gasteiger charge is 2.37. The predicted octanol–water partition coefficient (Wildman–Crippen LogP) is 2.34. The van der Waals surface area contributed by atoms with Crippen molar-refractivity contribution >= 4 is 11.9 Å². The number of rotatable bonds is 5. The third-order valence-corrected chi connectivity index (χ3v) is 4.50. The van der Waals surface area contributed by atoms with Crippen LogP contribution in [0.4, 0.5) is 0 Å². The molecular formula is C19H19N3O4. The molecule has 1 aliphatic rings. The molecule has 0 saturated heterocycles. The Morgan fingerprint density at radius 3 is 2.27 bits per heavy atom. The Balaban J connectivity index is 2.19. The van der Waals surface area contributed by atoms with Crippen molar-refractivity contribution in [3.8, 4) is 0 Å². The minimum atomic E-state index is -1.14. The van der Waals surface area contributed by atoms with E-state index in [2.05, 4.69) is 10.3 Å². The molecule has 7 heteroatoms. The van der Waals surface area contributed by atoms with Crippen molar-refractivity contribution in [2.24, 2.45) is 0 Å². The van der Waals surface area contributed by atoms with E-state index in [-0.39, 0.29) is 11.1 Å². The molecule has 3 rings (SSSR count). The molecule has 0 radical (unpaired) electrons. The molecule has 3 N–H and O–H groups in total. The molecule has 1 aromatic carbocycles. The van der Waals surface area contributed by atoms with Crippen LogP contribution in [-0.2, 0) is 16.1 Å². The minimum Gasteiger partial charge on any atom is -0.478 e. The van der Waals surface area contributed by atoms with Crippen LogP contribution in [0.2, 0.25) is 0 Å². The van der Waals surface area contributed by atoms with Gasteiger partial charge in [-0.05, 0) is 25.0 Å². The van der Waals surface area contributed by atoms with Gasteiger partial charge in [0.1, 0.15) is 0 Å². The van der Waals surface area contributed by atoms with Gasteiger partial charge in [0.15, 0.2) is 0 Å². The van der Waals surface area contributed by atoms with E-state index in [0.29, 0.717) is 23.5 Å². The van der Waals surface area contributed by atoms with Crippen LogP contribution < -0.4 is 5.32 Å². The van der Waals surface area contributed by atoms with Crippen molar-refractivity contribution in [2.45, 2.75) is 26.3 Å². The van der Waals surface area contributed by atoms with Crippen molar-refractivity contribution in [1.82, 2.24) is 14.9 Å². The number of carbonyl (C=O) groups is 2. The maximum Gasteiger partial charge on any atom is 0.334 e. The number of carboxylic acids is 2. The van der Waals surface area contributed by atoms with Gasteiger partial charge in [-0.2, -0.15) is 0 Å². The van der Waals surface area contributed by atoms with Gasteiger partial charge in [0, 0.05) is 30.3 Å². The Labute approximate surface area is 150 Å². The fourth-order valence-corrected chi connectivity index (χ4v) is 3.41. The van der Waals surface area contributed by atoms with Gasteiger partial charge in [-0.25, -0.2) is 14.6 Å². The van der Waals surface area contributed by atoms with E-state index in [4.69, 9.17) is 0 Å². The Hall–Kier alpha value is -3.35. The Bertz CT molecular complexity index is 890. The van der Waals surface area contributed by atoms with Gasteiger partial charge in [0.2, 0.25) is 0 Å². The van der Waals surface area contributed by atoms with Crippen LogP contribution in [-0.4, -0.2) is 31.7 Å². The molecule has 2 aromatic rings. The molecule has 1 aliphatic heterocycles. The van der Waals surface area contributed by atoms with E-state index in [0.717, 1.165) is 5.56 Å². The molecule has 134 valence electrons. The lowest BCUT2D eigenvalue weighted by Gasteiger charge is -2.30. The van der Waals surface area contributed by atoms with Crippen molar-refractivity contribution in [3.63, 3.8) is 0 Å². The van der Waals surface area contributed by atoms with Crippen molar-refractivity contribution in [2.75, 3.05) is 0 Å². The summed E-state index contributed by atoms with van der Waals surface area (Å²) in [6.45, 7) is 3.77. The molecular weight excluding hydrogens is 334 g/mol. The second-order valence-electron chi connectivity index (χ2n) is 6.18. The number of carboxylic acid groups (broad SMARTS) is 2. The van der Waals surface area contributed by atoms with Crippen LogP contribution in [0.3, 0.4) is 0 Å². The van der Waals surface area contributed by atoms with Gasteiger partial charge < -0.3 is 20.1 Å². The average molecular weight is 353 g/mol. The topological polar surface area (TPSA) is 104 Å². The number of hydrogen-bond donors (Lipinski definition) is 3. The van der Waals surface area contributed by atoms with Gasteiger partial charge >= 0.3 is 11.9 Å². The SMILES string of the molecule is CC1=C(C(=O)O)C(c2ccccc2Cn2ccnc2)C(C(=O)O)=C(C)N1. The lowest BCUT2D eigenvalue weighted by Crippen LogP contribution is -2.31. The number of nitrogens with zero attached hydrogens (tertiary/aromatic N) is 2. The summed E-state index contributed by atoms with van der Waals surface area (Å²) < 4.78 is 1.86. The fourth-order valence-electron chi connectivity index (χ4n) is 3.41. The van der Waals surface area contributed by atoms with Crippen molar-refractivity contribution in [1.29, 1.82) is 0 Å². The quantitative estimate of drug-likeness (QED) is 0.762.